The monoisotopic (exact) mass is 284 g/mol. The lowest BCUT2D eigenvalue weighted by atomic mass is 10.0. The van der Waals surface area contributed by atoms with Crippen LogP contribution in [0.15, 0.2) is 36.4 Å². The van der Waals surface area contributed by atoms with E-state index in [1.54, 1.807) is 13.1 Å². The molecule has 6 nitrogen and oxygen atoms in total. The predicted octanol–water partition coefficient (Wildman–Crippen LogP) is 3.12. The minimum absolute atomic E-state index is 0.0331. The van der Waals surface area contributed by atoms with Crippen LogP contribution in [0, 0.1) is 10.1 Å². The molecule has 6 heteroatoms. The quantitative estimate of drug-likeness (QED) is 0.692. The smallest absolute Gasteiger partial charge is 0.312 e. The summed E-state index contributed by atoms with van der Waals surface area (Å²) in [6.07, 6.45) is 1.95. The van der Waals surface area contributed by atoms with Crippen LogP contribution in [0.3, 0.4) is 0 Å². The van der Waals surface area contributed by atoms with Gasteiger partial charge in [-0.2, -0.15) is 0 Å². The minimum Gasteiger partial charge on any atom is -0.373 e. The van der Waals surface area contributed by atoms with Crippen LogP contribution in [0.25, 0.3) is 0 Å². The largest absolute Gasteiger partial charge is 0.373 e. The topological polar surface area (TPSA) is 71.3 Å². The second-order valence-corrected chi connectivity index (χ2v) is 4.93. The van der Waals surface area contributed by atoms with E-state index in [1.807, 2.05) is 23.1 Å². The molecule has 0 spiro atoms. The summed E-state index contributed by atoms with van der Waals surface area (Å²) in [6, 6.07) is 11.1. The van der Waals surface area contributed by atoms with Crippen LogP contribution in [0.4, 0.5) is 23.0 Å². The Morgan fingerprint density at radius 1 is 1.29 bits per heavy atom. The minimum atomic E-state index is -0.376. The molecule has 1 aliphatic rings. The third-order valence-corrected chi connectivity index (χ3v) is 3.67. The van der Waals surface area contributed by atoms with E-state index in [2.05, 4.69) is 16.4 Å². The first-order valence-corrected chi connectivity index (χ1v) is 6.89. The highest BCUT2D eigenvalue weighted by molar-refractivity contribution is 5.73. The van der Waals surface area contributed by atoms with Gasteiger partial charge >= 0.3 is 5.69 Å². The Hall–Kier alpha value is -2.63. The number of nitrogens with one attached hydrogen (secondary N) is 1. The van der Waals surface area contributed by atoms with Crippen LogP contribution < -0.4 is 10.2 Å². The molecule has 2 heterocycles. The predicted molar refractivity (Wildman–Crippen MR) is 82.2 cm³/mol. The summed E-state index contributed by atoms with van der Waals surface area (Å²) in [4.78, 5) is 17.3. The standard InChI is InChI=1S/C15H16N4O2/c1-16-14-9-8-13(19(20)21)15(17-14)18-10-4-6-11-5-2-3-7-12(11)18/h2-3,5,7-9H,4,6,10H2,1H3,(H,16,17). The van der Waals surface area contributed by atoms with Gasteiger partial charge in [0.25, 0.3) is 0 Å². The normalized spacial score (nSPS) is 13.7. The highest BCUT2D eigenvalue weighted by Crippen LogP contribution is 2.37. The van der Waals surface area contributed by atoms with Crippen molar-refractivity contribution in [2.75, 3.05) is 23.8 Å². The van der Waals surface area contributed by atoms with Crippen LogP contribution in [0.1, 0.15) is 12.0 Å². The molecule has 108 valence electrons. The first kappa shape index (κ1) is 13.4. The number of hydrogen-bond acceptors (Lipinski definition) is 5. The summed E-state index contributed by atoms with van der Waals surface area (Å²) < 4.78 is 0. The van der Waals surface area contributed by atoms with Crippen molar-refractivity contribution in [3.8, 4) is 0 Å². The third-order valence-electron chi connectivity index (χ3n) is 3.67. The number of hydrogen-bond donors (Lipinski definition) is 1. The average molecular weight is 284 g/mol. The molecule has 0 atom stereocenters. The zero-order chi connectivity index (χ0) is 14.8. The SMILES string of the molecule is CNc1ccc([N+](=O)[O-])c(N2CCCc3ccccc32)n1. The molecular weight excluding hydrogens is 268 g/mol. The molecule has 3 rings (SSSR count). The highest BCUT2D eigenvalue weighted by Gasteiger charge is 2.26. The molecule has 0 saturated heterocycles. The summed E-state index contributed by atoms with van der Waals surface area (Å²) in [5.74, 6) is 1.03. The number of nitro groups is 1. The van der Waals surface area contributed by atoms with E-state index >= 15 is 0 Å². The van der Waals surface area contributed by atoms with E-state index in [9.17, 15) is 10.1 Å². The van der Waals surface area contributed by atoms with Gasteiger partial charge in [0.05, 0.1) is 4.92 Å². The van der Waals surface area contributed by atoms with E-state index in [0.29, 0.717) is 11.6 Å². The summed E-state index contributed by atoms with van der Waals surface area (Å²) in [5, 5.41) is 14.2. The Bertz CT molecular complexity index is 687. The molecule has 1 aliphatic heterocycles. The van der Waals surface area contributed by atoms with Crippen molar-refractivity contribution in [1.29, 1.82) is 0 Å². The molecule has 0 aliphatic carbocycles. The van der Waals surface area contributed by atoms with Gasteiger partial charge in [-0.25, -0.2) is 4.98 Å². The van der Waals surface area contributed by atoms with Crippen LogP contribution in [0.5, 0.6) is 0 Å². The van der Waals surface area contributed by atoms with E-state index in [0.717, 1.165) is 25.1 Å². The Balaban J connectivity index is 2.14. The number of para-hydroxylation sites is 1. The van der Waals surface area contributed by atoms with Gasteiger partial charge in [-0.05, 0) is 30.5 Å². The lowest BCUT2D eigenvalue weighted by Crippen LogP contribution is -2.26. The second kappa shape index (κ2) is 5.40. The summed E-state index contributed by atoms with van der Waals surface area (Å²) >= 11 is 0. The number of anilines is 3. The van der Waals surface area contributed by atoms with Crippen molar-refractivity contribution in [3.63, 3.8) is 0 Å². The fourth-order valence-electron chi connectivity index (χ4n) is 2.68. The zero-order valence-corrected chi connectivity index (χ0v) is 11.7. The Labute approximate surface area is 122 Å². The van der Waals surface area contributed by atoms with Gasteiger partial charge < -0.3 is 10.2 Å². The summed E-state index contributed by atoms with van der Waals surface area (Å²) in [6.45, 7) is 0.734. The van der Waals surface area contributed by atoms with Crippen LogP contribution in [-0.4, -0.2) is 23.5 Å². The number of pyridine rings is 1. The maximum atomic E-state index is 11.3. The fraction of sp³-hybridized carbons (Fsp3) is 0.267. The van der Waals surface area contributed by atoms with E-state index in [-0.39, 0.29) is 10.6 Å². The molecule has 0 unspecified atom stereocenters. The molecule has 0 saturated carbocycles. The van der Waals surface area contributed by atoms with Gasteiger partial charge in [-0.1, -0.05) is 18.2 Å². The second-order valence-electron chi connectivity index (χ2n) is 4.93. The van der Waals surface area contributed by atoms with Crippen LogP contribution in [-0.2, 0) is 6.42 Å². The fourth-order valence-corrected chi connectivity index (χ4v) is 2.68. The van der Waals surface area contributed by atoms with Crippen molar-refractivity contribution >= 4 is 23.0 Å². The Morgan fingerprint density at radius 2 is 2.10 bits per heavy atom. The molecule has 1 N–H and O–H groups in total. The molecule has 21 heavy (non-hydrogen) atoms. The molecule has 0 bridgehead atoms. The highest BCUT2D eigenvalue weighted by atomic mass is 16.6. The van der Waals surface area contributed by atoms with Gasteiger partial charge in [0.1, 0.15) is 5.82 Å². The maximum absolute atomic E-state index is 11.3. The van der Waals surface area contributed by atoms with E-state index < -0.39 is 0 Å². The first-order chi connectivity index (χ1) is 10.2. The number of aromatic nitrogens is 1. The number of rotatable bonds is 3. The Kier molecular flexibility index (Phi) is 3.43. The van der Waals surface area contributed by atoms with Crippen molar-refractivity contribution < 1.29 is 4.92 Å². The molecule has 2 aromatic rings. The third kappa shape index (κ3) is 2.40. The lowest BCUT2D eigenvalue weighted by Gasteiger charge is -2.30. The lowest BCUT2D eigenvalue weighted by molar-refractivity contribution is -0.384. The molecule has 1 aromatic heterocycles. The molecule has 1 aromatic carbocycles. The average Bonchev–Trinajstić information content (AvgIpc) is 2.53. The van der Waals surface area contributed by atoms with Crippen LogP contribution in [0.2, 0.25) is 0 Å². The number of benzene rings is 1. The van der Waals surface area contributed by atoms with Gasteiger partial charge in [0.15, 0.2) is 0 Å². The molecule has 0 amide bonds. The van der Waals surface area contributed by atoms with Crippen molar-refractivity contribution in [3.05, 3.63) is 52.1 Å². The van der Waals surface area contributed by atoms with E-state index in [1.165, 1.54) is 11.6 Å². The van der Waals surface area contributed by atoms with E-state index in [4.69, 9.17) is 0 Å². The number of fused-ring (bicyclic) bond motifs is 1. The zero-order valence-electron chi connectivity index (χ0n) is 11.7. The number of aryl methyl sites for hydroxylation is 1. The maximum Gasteiger partial charge on any atom is 0.312 e. The van der Waals surface area contributed by atoms with Gasteiger partial charge in [-0.15, -0.1) is 0 Å². The van der Waals surface area contributed by atoms with Gasteiger partial charge in [0, 0.05) is 25.3 Å². The molecular formula is C15H16N4O2. The van der Waals surface area contributed by atoms with Crippen molar-refractivity contribution in [2.24, 2.45) is 0 Å². The van der Waals surface area contributed by atoms with Crippen LogP contribution >= 0.6 is 0 Å². The van der Waals surface area contributed by atoms with Crippen molar-refractivity contribution in [1.82, 2.24) is 4.98 Å². The number of nitrogens with zero attached hydrogens (tertiary/aromatic N) is 3. The Morgan fingerprint density at radius 3 is 2.86 bits per heavy atom. The summed E-state index contributed by atoms with van der Waals surface area (Å²) in [7, 11) is 1.75. The first-order valence-electron chi connectivity index (χ1n) is 6.89. The van der Waals surface area contributed by atoms with Gasteiger partial charge in [-0.3, -0.25) is 10.1 Å². The molecule has 0 radical (unpaired) electrons. The van der Waals surface area contributed by atoms with Gasteiger partial charge in [0.2, 0.25) is 5.82 Å². The molecule has 0 fully saturated rings. The summed E-state index contributed by atoms with van der Waals surface area (Å²) in [5.41, 5.74) is 2.24. The van der Waals surface area contributed by atoms with Crippen molar-refractivity contribution in [2.45, 2.75) is 12.8 Å².